The van der Waals surface area contributed by atoms with Crippen molar-refractivity contribution in [2.75, 3.05) is 44.9 Å². The predicted molar refractivity (Wildman–Crippen MR) is 129 cm³/mol. The number of rotatable bonds is 11. The van der Waals surface area contributed by atoms with Crippen LogP contribution >= 0.6 is 11.8 Å². The second-order valence-electron chi connectivity index (χ2n) is 9.74. The van der Waals surface area contributed by atoms with Gasteiger partial charge in [0, 0.05) is 19.1 Å². The summed E-state index contributed by atoms with van der Waals surface area (Å²) in [6.07, 6.45) is 7.06. The van der Waals surface area contributed by atoms with Gasteiger partial charge >= 0.3 is 0 Å². The number of anilines is 1. The maximum Gasteiger partial charge on any atom is 0.233 e. The van der Waals surface area contributed by atoms with E-state index in [1.807, 2.05) is 25.3 Å². The van der Waals surface area contributed by atoms with Crippen LogP contribution in [0.4, 0.5) is 10.2 Å². The summed E-state index contributed by atoms with van der Waals surface area (Å²) < 4.78 is 15.5. The van der Waals surface area contributed by atoms with Crippen molar-refractivity contribution in [1.29, 1.82) is 0 Å². The summed E-state index contributed by atoms with van der Waals surface area (Å²) in [5.41, 5.74) is 0.138. The molecule has 0 aromatic carbocycles. The van der Waals surface area contributed by atoms with E-state index >= 15 is 4.39 Å². The average Bonchev–Trinajstić information content (AvgIpc) is 3.47. The zero-order valence-electron chi connectivity index (χ0n) is 20.5. The molecule has 34 heavy (non-hydrogen) atoms. The number of likely N-dealkylation sites (N-methyl/N-ethyl adjacent to an activating group) is 1. The Morgan fingerprint density at radius 1 is 1.32 bits per heavy atom. The van der Waals surface area contributed by atoms with Gasteiger partial charge in [-0.3, -0.25) is 14.8 Å². The summed E-state index contributed by atoms with van der Waals surface area (Å²) >= 11 is 1.33. The number of hydrogen-bond acceptors (Lipinski definition) is 8. The van der Waals surface area contributed by atoms with Gasteiger partial charge in [-0.05, 0) is 38.6 Å². The number of aromatic nitrogens is 2. The van der Waals surface area contributed by atoms with E-state index in [9.17, 15) is 14.8 Å². The molecule has 0 bridgehead atoms. The third-order valence-corrected chi connectivity index (χ3v) is 7.57. The van der Waals surface area contributed by atoms with E-state index in [-0.39, 0.29) is 30.5 Å². The highest BCUT2D eigenvalue weighted by Crippen LogP contribution is 2.31. The number of halogens is 1. The van der Waals surface area contributed by atoms with Crippen molar-refractivity contribution in [2.45, 2.75) is 56.8 Å². The molecule has 1 aliphatic carbocycles. The van der Waals surface area contributed by atoms with E-state index in [4.69, 9.17) is 0 Å². The Bertz CT molecular complexity index is 854. The molecule has 3 atom stereocenters. The number of carbonyl (C=O) groups is 2. The summed E-state index contributed by atoms with van der Waals surface area (Å²) in [7, 11) is 4.05. The number of carbonyl (C=O) groups excluding carboxylic acids is 2. The first-order valence-corrected chi connectivity index (χ1v) is 13.2. The van der Waals surface area contributed by atoms with Gasteiger partial charge in [0.2, 0.25) is 12.3 Å². The molecule has 2 N–H and O–H groups in total. The van der Waals surface area contributed by atoms with Crippen LogP contribution < -0.4 is 10.2 Å². The minimum atomic E-state index is -0.567. The molecule has 1 saturated carbocycles. The Balaban J connectivity index is 1.74. The fourth-order valence-corrected chi connectivity index (χ4v) is 5.55. The molecule has 190 valence electrons. The standard InChI is InChI=1S/C23H37FN6O3S/c1-15-11-29(13-19(15)28(2)3)21-20(24)18(26-23(27-21)34-4)10-25-22(32)17(12-30(33)14-31)9-16-7-5-6-8-16/h14-17,19,33H,5-13H2,1-4H3,(H,25,32)/t15-,17-,19-/m1/s1. The summed E-state index contributed by atoms with van der Waals surface area (Å²) in [6.45, 7) is 3.34. The highest BCUT2D eigenvalue weighted by Gasteiger charge is 2.34. The third-order valence-electron chi connectivity index (χ3n) is 7.02. The van der Waals surface area contributed by atoms with Crippen LogP contribution in [0.5, 0.6) is 0 Å². The number of thioether (sulfide) groups is 1. The third kappa shape index (κ3) is 6.57. The average molecular weight is 497 g/mol. The van der Waals surface area contributed by atoms with Crippen LogP contribution in [0.25, 0.3) is 0 Å². The van der Waals surface area contributed by atoms with Gasteiger partial charge in [0.25, 0.3) is 0 Å². The van der Waals surface area contributed by atoms with Crippen molar-refractivity contribution in [1.82, 2.24) is 25.2 Å². The molecule has 2 amide bonds. The molecule has 2 heterocycles. The quantitative estimate of drug-likeness (QED) is 0.158. The van der Waals surface area contributed by atoms with E-state index in [0.717, 1.165) is 25.7 Å². The van der Waals surface area contributed by atoms with Gasteiger partial charge in [-0.1, -0.05) is 44.4 Å². The normalized spacial score (nSPS) is 21.8. The number of hydroxylamine groups is 2. The smallest absolute Gasteiger partial charge is 0.233 e. The summed E-state index contributed by atoms with van der Waals surface area (Å²) in [6, 6.07) is 0.297. The van der Waals surface area contributed by atoms with Gasteiger partial charge in [0.05, 0.1) is 19.0 Å². The molecular formula is C23H37FN6O3S. The zero-order chi connectivity index (χ0) is 24.8. The van der Waals surface area contributed by atoms with Crippen LogP contribution in [0.3, 0.4) is 0 Å². The fourth-order valence-electron chi connectivity index (χ4n) is 5.17. The molecule has 1 aromatic heterocycles. The van der Waals surface area contributed by atoms with E-state index in [0.29, 0.717) is 54.0 Å². The Morgan fingerprint density at radius 2 is 2.03 bits per heavy atom. The monoisotopic (exact) mass is 496 g/mol. The van der Waals surface area contributed by atoms with Crippen molar-refractivity contribution in [3.05, 3.63) is 11.5 Å². The molecule has 2 fully saturated rings. The molecule has 1 aromatic rings. The van der Waals surface area contributed by atoms with Crippen molar-refractivity contribution in [2.24, 2.45) is 17.8 Å². The second kappa shape index (κ2) is 12.1. The lowest BCUT2D eigenvalue weighted by molar-refractivity contribution is -0.155. The first-order chi connectivity index (χ1) is 16.2. The van der Waals surface area contributed by atoms with Crippen molar-refractivity contribution < 1.29 is 19.2 Å². The summed E-state index contributed by atoms with van der Waals surface area (Å²) in [5, 5.41) is 13.4. The molecule has 2 aliphatic rings. The maximum absolute atomic E-state index is 15.5. The summed E-state index contributed by atoms with van der Waals surface area (Å²) in [5.74, 6) is -0.383. The first kappa shape index (κ1) is 26.6. The van der Waals surface area contributed by atoms with Gasteiger partial charge < -0.3 is 15.1 Å². The summed E-state index contributed by atoms with van der Waals surface area (Å²) in [4.78, 5) is 36.7. The van der Waals surface area contributed by atoms with E-state index in [1.165, 1.54) is 11.8 Å². The Morgan fingerprint density at radius 3 is 2.62 bits per heavy atom. The lowest BCUT2D eigenvalue weighted by atomic mass is 9.92. The second-order valence-corrected chi connectivity index (χ2v) is 10.5. The Labute approximate surface area is 205 Å². The number of amides is 2. The molecule has 0 spiro atoms. The highest BCUT2D eigenvalue weighted by molar-refractivity contribution is 7.98. The van der Waals surface area contributed by atoms with Gasteiger partial charge in [0.15, 0.2) is 16.8 Å². The number of hydrogen-bond donors (Lipinski definition) is 2. The molecule has 11 heteroatoms. The molecule has 9 nitrogen and oxygen atoms in total. The van der Waals surface area contributed by atoms with Crippen LogP contribution in [0.15, 0.2) is 5.16 Å². The SMILES string of the molecule is CSc1nc(CNC(=O)[C@H](CC2CCCC2)CN(O)C=O)c(F)c(N2C[C@@H](C)[C@H](N(C)C)C2)n1. The predicted octanol–water partition coefficient (Wildman–Crippen LogP) is 2.38. The van der Waals surface area contributed by atoms with Crippen LogP contribution in [0.2, 0.25) is 0 Å². The van der Waals surface area contributed by atoms with Crippen molar-refractivity contribution >= 4 is 29.9 Å². The van der Waals surface area contributed by atoms with Crippen molar-refractivity contribution in [3.8, 4) is 0 Å². The topological polar surface area (TPSA) is 102 Å². The van der Waals surface area contributed by atoms with Gasteiger partial charge in [-0.25, -0.2) is 19.4 Å². The lowest BCUT2D eigenvalue weighted by Gasteiger charge is -2.24. The Kier molecular flexibility index (Phi) is 9.49. The molecule has 0 radical (unpaired) electrons. The van der Waals surface area contributed by atoms with Crippen LogP contribution in [0.1, 0.15) is 44.7 Å². The minimum Gasteiger partial charge on any atom is -0.352 e. The van der Waals surface area contributed by atoms with Gasteiger partial charge in [-0.2, -0.15) is 0 Å². The van der Waals surface area contributed by atoms with Crippen LogP contribution in [0, 0.1) is 23.6 Å². The van der Waals surface area contributed by atoms with Crippen molar-refractivity contribution in [3.63, 3.8) is 0 Å². The number of nitrogens with zero attached hydrogens (tertiary/aromatic N) is 5. The van der Waals surface area contributed by atoms with Gasteiger partial charge in [-0.15, -0.1) is 0 Å². The molecular weight excluding hydrogens is 459 g/mol. The van der Waals surface area contributed by atoms with Gasteiger partial charge in [0.1, 0.15) is 5.69 Å². The maximum atomic E-state index is 15.5. The zero-order valence-corrected chi connectivity index (χ0v) is 21.4. The van der Waals surface area contributed by atoms with Crippen LogP contribution in [-0.2, 0) is 16.1 Å². The fraction of sp³-hybridized carbons (Fsp3) is 0.739. The van der Waals surface area contributed by atoms with Crippen LogP contribution in [-0.4, -0.2) is 83.5 Å². The van der Waals surface area contributed by atoms with E-state index in [2.05, 4.69) is 27.1 Å². The lowest BCUT2D eigenvalue weighted by Crippen LogP contribution is -2.38. The molecule has 0 unspecified atom stereocenters. The Hall–Kier alpha value is -1.98. The molecule has 1 saturated heterocycles. The first-order valence-electron chi connectivity index (χ1n) is 11.9. The largest absolute Gasteiger partial charge is 0.352 e. The number of nitrogens with one attached hydrogen (secondary N) is 1. The highest BCUT2D eigenvalue weighted by atomic mass is 32.2. The van der Waals surface area contributed by atoms with E-state index < -0.39 is 11.7 Å². The van der Waals surface area contributed by atoms with E-state index in [1.54, 1.807) is 0 Å². The molecule has 3 rings (SSSR count). The molecule has 1 aliphatic heterocycles. The minimum absolute atomic E-state index is 0.0814.